The highest BCUT2D eigenvalue weighted by Gasteiger charge is 2.26. The molecular formula is C19H31FO. The molecule has 0 radical (unpaired) electrons. The zero-order valence-electron chi connectivity index (χ0n) is 14.0. The summed E-state index contributed by atoms with van der Waals surface area (Å²) in [4.78, 5) is 0. The Labute approximate surface area is 129 Å². The van der Waals surface area contributed by atoms with E-state index in [1.165, 1.54) is 44.6 Å². The summed E-state index contributed by atoms with van der Waals surface area (Å²) < 4.78 is 19.4. The number of ether oxygens (including phenoxy) is 1. The third kappa shape index (κ3) is 6.60. The molecule has 0 aliphatic heterocycles. The van der Waals surface area contributed by atoms with E-state index >= 15 is 0 Å². The molecule has 1 atom stereocenters. The lowest BCUT2D eigenvalue weighted by atomic mass is 9.89. The zero-order valence-corrected chi connectivity index (χ0v) is 14.0. The van der Waals surface area contributed by atoms with Crippen LogP contribution in [0.2, 0.25) is 0 Å². The number of benzene rings is 1. The maximum Gasteiger partial charge on any atom is 0.123 e. The number of unbranched alkanes of at least 4 members (excludes halogenated alkanes) is 6. The summed E-state index contributed by atoms with van der Waals surface area (Å²) in [5, 5.41) is 0. The van der Waals surface area contributed by atoms with Crippen LogP contribution in [0.15, 0.2) is 24.3 Å². The van der Waals surface area contributed by atoms with E-state index in [0.717, 1.165) is 18.4 Å². The van der Waals surface area contributed by atoms with Crippen molar-refractivity contribution in [1.82, 2.24) is 0 Å². The lowest BCUT2D eigenvalue weighted by Crippen LogP contribution is -2.26. The van der Waals surface area contributed by atoms with Crippen LogP contribution < -0.4 is 0 Å². The van der Waals surface area contributed by atoms with Crippen LogP contribution in [0.25, 0.3) is 0 Å². The first-order chi connectivity index (χ1) is 10.1. The molecule has 0 saturated heterocycles. The summed E-state index contributed by atoms with van der Waals surface area (Å²) in [5.74, 6) is -0.182. The molecule has 0 N–H and O–H groups in total. The molecule has 0 aliphatic carbocycles. The molecule has 1 unspecified atom stereocenters. The van der Waals surface area contributed by atoms with E-state index in [1.54, 1.807) is 12.1 Å². The van der Waals surface area contributed by atoms with Crippen molar-refractivity contribution in [2.45, 2.75) is 77.7 Å². The Kier molecular flexibility index (Phi) is 8.60. The molecule has 0 heterocycles. The third-order valence-corrected chi connectivity index (χ3v) is 4.16. The predicted octanol–water partition coefficient (Wildman–Crippen LogP) is 6.22. The van der Waals surface area contributed by atoms with Crippen molar-refractivity contribution in [3.05, 3.63) is 35.6 Å². The number of rotatable bonds is 11. The Morgan fingerprint density at radius 1 is 1.00 bits per heavy atom. The first-order valence-electron chi connectivity index (χ1n) is 8.52. The Balaban J connectivity index is 2.45. The number of hydrogen-bond donors (Lipinski definition) is 0. The van der Waals surface area contributed by atoms with Gasteiger partial charge in [0.25, 0.3) is 0 Å². The van der Waals surface area contributed by atoms with E-state index in [1.807, 2.05) is 13.0 Å². The second-order valence-corrected chi connectivity index (χ2v) is 6.05. The fourth-order valence-corrected chi connectivity index (χ4v) is 2.86. The summed E-state index contributed by atoms with van der Waals surface area (Å²) in [6, 6.07) is 6.84. The molecule has 1 nitrogen and oxygen atoms in total. The molecule has 0 aromatic heterocycles. The maximum absolute atomic E-state index is 13.4. The minimum Gasteiger partial charge on any atom is -0.371 e. The van der Waals surface area contributed by atoms with Crippen LogP contribution in [0.1, 0.15) is 77.7 Å². The van der Waals surface area contributed by atoms with Gasteiger partial charge in [0.05, 0.1) is 5.60 Å². The van der Waals surface area contributed by atoms with Crippen LogP contribution in [-0.4, -0.2) is 6.61 Å². The number of halogens is 1. The average molecular weight is 294 g/mol. The van der Waals surface area contributed by atoms with Crippen LogP contribution in [0, 0.1) is 5.82 Å². The summed E-state index contributed by atoms with van der Waals surface area (Å²) in [5.41, 5.74) is 0.593. The Hall–Kier alpha value is -0.890. The van der Waals surface area contributed by atoms with Gasteiger partial charge < -0.3 is 4.74 Å². The van der Waals surface area contributed by atoms with Crippen molar-refractivity contribution in [3.8, 4) is 0 Å². The molecule has 1 aromatic carbocycles. The van der Waals surface area contributed by atoms with Gasteiger partial charge in [-0.1, -0.05) is 64.0 Å². The van der Waals surface area contributed by atoms with Gasteiger partial charge in [-0.05, 0) is 38.0 Å². The molecule has 0 amide bonds. The first kappa shape index (κ1) is 18.2. The molecule has 21 heavy (non-hydrogen) atoms. The van der Waals surface area contributed by atoms with Crippen molar-refractivity contribution < 1.29 is 9.13 Å². The van der Waals surface area contributed by atoms with Crippen molar-refractivity contribution in [1.29, 1.82) is 0 Å². The predicted molar refractivity (Wildman–Crippen MR) is 88.0 cm³/mol. The highest BCUT2D eigenvalue weighted by molar-refractivity contribution is 5.22. The highest BCUT2D eigenvalue weighted by atomic mass is 19.1. The average Bonchev–Trinajstić information content (AvgIpc) is 2.47. The van der Waals surface area contributed by atoms with E-state index in [9.17, 15) is 4.39 Å². The van der Waals surface area contributed by atoms with Gasteiger partial charge in [0.1, 0.15) is 5.82 Å². The van der Waals surface area contributed by atoms with Crippen molar-refractivity contribution >= 4 is 0 Å². The molecule has 1 rings (SSSR count). The van der Waals surface area contributed by atoms with Gasteiger partial charge in [-0.15, -0.1) is 0 Å². The van der Waals surface area contributed by atoms with Gasteiger partial charge in [-0.2, -0.15) is 0 Å². The lowest BCUT2D eigenvalue weighted by Gasteiger charge is -2.30. The Morgan fingerprint density at radius 3 is 2.29 bits per heavy atom. The molecular weight excluding hydrogens is 263 g/mol. The van der Waals surface area contributed by atoms with E-state index in [-0.39, 0.29) is 11.4 Å². The fraction of sp³-hybridized carbons (Fsp3) is 0.684. The van der Waals surface area contributed by atoms with Crippen LogP contribution in [0.5, 0.6) is 0 Å². The smallest absolute Gasteiger partial charge is 0.123 e. The van der Waals surface area contributed by atoms with E-state index in [4.69, 9.17) is 4.74 Å². The van der Waals surface area contributed by atoms with Crippen LogP contribution >= 0.6 is 0 Å². The third-order valence-electron chi connectivity index (χ3n) is 4.16. The Bertz CT molecular complexity index is 391. The minimum atomic E-state index is -0.361. The van der Waals surface area contributed by atoms with Crippen LogP contribution in [-0.2, 0) is 10.3 Å². The van der Waals surface area contributed by atoms with Gasteiger partial charge in [-0.25, -0.2) is 4.39 Å². The van der Waals surface area contributed by atoms with Crippen molar-refractivity contribution in [2.24, 2.45) is 0 Å². The molecule has 1 aromatic rings. The van der Waals surface area contributed by atoms with Gasteiger partial charge in [-0.3, -0.25) is 0 Å². The molecule has 0 fully saturated rings. The zero-order chi connectivity index (χ0) is 15.6. The van der Waals surface area contributed by atoms with Crippen LogP contribution in [0.3, 0.4) is 0 Å². The molecule has 0 spiro atoms. The second kappa shape index (κ2) is 9.94. The quantitative estimate of drug-likeness (QED) is 0.440. The molecule has 120 valence electrons. The van der Waals surface area contributed by atoms with Gasteiger partial charge in [0.2, 0.25) is 0 Å². The van der Waals surface area contributed by atoms with Gasteiger partial charge in [0, 0.05) is 6.61 Å². The normalized spacial score (nSPS) is 14.1. The van der Waals surface area contributed by atoms with E-state index in [0.29, 0.717) is 6.61 Å². The standard InChI is InChI=1S/C19H31FO/c1-4-6-7-8-9-10-11-15-19(3,21-5-2)17-13-12-14-18(20)16-17/h12-14,16H,4-11,15H2,1-3H3. The summed E-state index contributed by atoms with van der Waals surface area (Å²) >= 11 is 0. The second-order valence-electron chi connectivity index (χ2n) is 6.05. The van der Waals surface area contributed by atoms with Crippen LogP contribution in [0.4, 0.5) is 4.39 Å². The topological polar surface area (TPSA) is 9.23 Å². The molecule has 0 bridgehead atoms. The number of hydrogen-bond acceptors (Lipinski definition) is 1. The monoisotopic (exact) mass is 294 g/mol. The maximum atomic E-state index is 13.4. The van der Waals surface area contributed by atoms with Gasteiger partial charge >= 0.3 is 0 Å². The molecule has 2 heteroatoms. The summed E-state index contributed by atoms with van der Waals surface area (Å²) in [6.45, 7) is 6.99. The summed E-state index contributed by atoms with van der Waals surface area (Å²) in [7, 11) is 0. The van der Waals surface area contributed by atoms with Gasteiger partial charge in [0.15, 0.2) is 0 Å². The Morgan fingerprint density at radius 2 is 1.67 bits per heavy atom. The van der Waals surface area contributed by atoms with E-state index < -0.39 is 0 Å². The highest BCUT2D eigenvalue weighted by Crippen LogP contribution is 2.31. The largest absolute Gasteiger partial charge is 0.371 e. The van der Waals surface area contributed by atoms with Crippen molar-refractivity contribution in [2.75, 3.05) is 6.61 Å². The summed E-state index contributed by atoms with van der Waals surface area (Å²) in [6.07, 6.45) is 9.95. The molecule has 0 aliphatic rings. The minimum absolute atomic E-state index is 0.182. The molecule has 0 saturated carbocycles. The van der Waals surface area contributed by atoms with Crippen molar-refractivity contribution in [3.63, 3.8) is 0 Å². The lowest BCUT2D eigenvalue weighted by molar-refractivity contribution is -0.0378. The van der Waals surface area contributed by atoms with E-state index in [2.05, 4.69) is 13.8 Å². The fourth-order valence-electron chi connectivity index (χ4n) is 2.86. The SMILES string of the molecule is CCCCCCCCCC(C)(OCC)c1cccc(F)c1. The first-order valence-corrected chi connectivity index (χ1v) is 8.52.